The Bertz CT molecular complexity index is 352. The first kappa shape index (κ1) is 11.7. The van der Waals surface area contributed by atoms with E-state index in [1.54, 1.807) is 5.38 Å². The van der Waals surface area contributed by atoms with Crippen LogP contribution >= 0.6 is 11.3 Å². The summed E-state index contributed by atoms with van der Waals surface area (Å²) in [6.07, 6.45) is 2.40. The molecule has 2 heterocycles. The van der Waals surface area contributed by atoms with Gasteiger partial charge < -0.3 is 9.47 Å². The van der Waals surface area contributed by atoms with Crippen molar-refractivity contribution in [1.82, 2.24) is 4.98 Å². The number of aldehydes is 1. The van der Waals surface area contributed by atoms with Gasteiger partial charge in [0, 0.05) is 38.0 Å². The molecular weight excluding hydrogens is 226 g/mol. The van der Waals surface area contributed by atoms with Crippen LogP contribution in [0.5, 0.6) is 0 Å². The molecule has 0 amide bonds. The predicted molar refractivity (Wildman–Crippen MR) is 60.9 cm³/mol. The number of rotatable bonds is 4. The molecule has 16 heavy (non-hydrogen) atoms. The number of hydrogen-bond acceptors (Lipinski definition) is 5. The van der Waals surface area contributed by atoms with E-state index in [4.69, 9.17) is 9.47 Å². The van der Waals surface area contributed by atoms with Gasteiger partial charge in [0.05, 0.1) is 0 Å². The smallest absolute Gasteiger partial charge is 0.169 e. The van der Waals surface area contributed by atoms with Gasteiger partial charge in [-0.3, -0.25) is 4.79 Å². The molecule has 0 aromatic carbocycles. The highest BCUT2D eigenvalue weighted by Crippen LogP contribution is 2.37. The minimum atomic E-state index is -0.334. The van der Waals surface area contributed by atoms with Crippen molar-refractivity contribution in [2.24, 2.45) is 0 Å². The minimum Gasteiger partial charge on any atom is -0.381 e. The Morgan fingerprint density at radius 3 is 2.94 bits per heavy atom. The van der Waals surface area contributed by atoms with E-state index in [0.717, 1.165) is 24.1 Å². The van der Waals surface area contributed by atoms with E-state index < -0.39 is 0 Å². The van der Waals surface area contributed by atoms with E-state index >= 15 is 0 Å². The molecule has 1 saturated heterocycles. The molecule has 0 radical (unpaired) electrons. The second kappa shape index (κ2) is 5.03. The second-order valence-electron chi connectivity index (χ2n) is 3.74. The molecule has 0 unspecified atom stereocenters. The Hall–Kier alpha value is -0.780. The molecule has 0 aliphatic carbocycles. The van der Waals surface area contributed by atoms with Crippen LogP contribution in [0, 0.1) is 0 Å². The zero-order valence-electron chi connectivity index (χ0n) is 9.27. The number of nitrogens with zero attached hydrogens (tertiary/aromatic N) is 1. The fourth-order valence-electron chi connectivity index (χ4n) is 1.95. The topological polar surface area (TPSA) is 48.4 Å². The summed E-state index contributed by atoms with van der Waals surface area (Å²) < 4.78 is 11.2. The maximum Gasteiger partial charge on any atom is 0.169 e. The molecule has 5 heteroatoms. The van der Waals surface area contributed by atoms with Crippen LogP contribution in [0.2, 0.25) is 0 Å². The first-order chi connectivity index (χ1) is 7.80. The molecule has 0 spiro atoms. The Morgan fingerprint density at radius 1 is 1.62 bits per heavy atom. The van der Waals surface area contributed by atoms with Crippen molar-refractivity contribution in [3.63, 3.8) is 0 Å². The molecule has 1 aliphatic heterocycles. The molecular formula is C11H15NO3S. The Kier molecular flexibility index (Phi) is 3.68. The fourth-order valence-corrected chi connectivity index (χ4v) is 2.92. The molecule has 0 N–H and O–H groups in total. The lowest BCUT2D eigenvalue weighted by molar-refractivity contribution is -0.112. The summed E-state index contributed by atoms with van der Waals surface area (Å²) in [5.74, 6) is 0. The van der Waals surface area contributed by atoms with Gasteiger partial charge in [0.15, 0.2) is 6.29 Å². The van der Waals surface area contributed by atoms with Gasteiger partial charge in [0.25, 0.3) is 0 Å². The maximum atomic E-state index is 10.6. The monoisotopic (exact) mass is 241 g/mol. The van der Waals surface area contributed by atoms with Crippen molar-refractivity contribution in [3.05, 3.63) is 16.1 Å². The molecule has 88 valence electrons. The third kappa shape index (κ3) is 2.16. The van der Waals surface area contributed by atoms with Crippen LogP contribution in [0.3, 0.4) is 0 Å². The van der Waals surface area contributed by atoms with Crippen molar-refractivity contribution >= 4 is 17.6 Å². The fraction of sp³-hybridized carbons (Fsp3) is 0.636. The highest BCUT2D eigenvalue weighted by atomic mass is 32.1. The van der Waals surface area contributed by atoms with Crippen LogP contribution in [-0.4, -0.2) is 31.1 Å². The van der Waals surface area contributed by atoms with E-state index in [1.165, 1.54) is 11.3 Å². The summed E-state index contributed by atoms with van der Waals surface area (Å²) >= 11 is 1.50. The molecule has 1 fully saturated rings. The molecule has 0 atom stereocenters. The third-order valence-corrected chi connectivity index (χ3v) is 3.80. The Balaban J connectivity index is 2.26. The van der Waals surface area contributed by atoms with E-state index in [9.17, 15) is 4.79 Å². The zero-order chi connectivity index (χ0) is 11.4. The number of carbonyl (C=O) groups is 1. The van der Waals surface area contributed by atoms with Gasteiger partial charge in [-0.2, -0.15) is 0 Å². The summed E-state index contributed by atoms with van der Waals surface area (Å²) in [5, 5.41) is 2.68. The summed E-state index contributed by atoms with van der Waals surface area (Å²) in [7, 11) is 0. The van der Waals surface area contributed by atoms with Crippen molar-refractivity contribution in [2.75, 3.05) is 19.8 Å². The molecule has 4 nitrogen and oxygen atoms in total. The van der Waals surface area contributed by atoms with Gasteiger partial charge in [-0.05, 0) is 6.92 Å². The molecule has 1 aromatic heterocycles. The molecule has 2 rings (SSSR count). The number of carbonyl (C=O) groups excluding carboxylic acids is 1. The standard InChI is InChI=1S/C11H15NO3S/c1-2-15-11(3-5-14-6-4-11)10-12-9(7-13)8-16-10/h7-8H,2-6H2,1H3. The van der Waals surface area contributed by atoms with Gasteiger partial charge >= 0.3 is 0 Å². The SMILES string of the molecule is CCOC1(c2nc(C=O)cs2)CCOCC1. The third-order valence-electron chi connectivity index (χ3n) is 2.75. The van der Waals surface area contributed by atoms with Gasteiger partial charge in [-0.1, -0.05) is 0 Å². The normalized spacial score (nSPS) is 19.6. The second-order valence-corrected chi connectivity index (χ2v) is 4.59. The minimum absolute atomic E-state index is 0.334. The van der Waals surface area contributed by atoms with E-state index in [-0.39, 0.29) is 5.60 Å². The van der Waals surface area contributed by atoms with Crippen molar-refractivity contribution < 1.29 is 14.3 Å². The predicted octanol–water partition coefficient (Wildman–Crippen LogP) is 2.00. The van der Waals surface area contributed by atoms with Crippen molar-refractivity contribution in [2.45, 2.75) is 25.4 Å². The van der Waals surface area contributed by atoms with Crippen LogP contribution in [-0.2, 0) is 15.1 Å². The zero-order valence-corrected chi connectivity index (χ0v) is 10.1. The lowest BCUT2D eigenvalue weighted by Crippen LogP contribution is -2.36. The van der Waals surface area contributed by atoms with Gasteiger partial charge in [0.2, 0.25) is 0 Å². The van der Waals surface area contributed by atoms with Crippen LogP contribution in [0.1, 0.15) is 35.3 Å². The van der Waals surface area contributed by atoms with E-state index in [0.29, 0.717) is 25.5 Å². The van der Waals surface area contributed by atoms with E-state index in [1.807, 2.05) is 6.92 Å². The van der Waals surface area contributed by atoms with Crippen molar-refractivity contribution in [3.8, 4) is 0 Å². The first-order valence-corrected chi connectivity index (χ1v) is 6.31. The number of ether oxygens (including phenoxy) is 2. The average molecular weight is 241 g/mol. The average Bonchev–Trinajstić information content (AvgIpc) is 2.80. The van der Waals surface area contributed by atoms with Crippen LogP contribution in [0.4, 0.5) is 0 Å². The Labute approximate surface area is 98.6 Å². The molecule has 1 aromatic rings. The highest BCUT2D eigenvalue weighted by molar-refractivity contribution is 7.10. The van der Waals surface area contributed by atoms with Crippen LogP contribution in [0.25, 0.3) is 0 Å². The number of hydrogen-bond donors (Lipinski definition) is 0. The summed E-state index contributed by atoms with van der Waals surface area (Å²) in [6.45, 7) is 4.01. The Morgan fingerprint density at radius 2 is 2.38 bits per heavy atom. The van der Waals surface area contributed by atoms with Gasteiger partial charge in [0.1, 0.15) is 16.3 Å². The number of thiazole rings is 1. The lowest BCUT2D eigenvalue weighted by Gasteiger charge is -2.35. The highest BCUT2D eigenvalue weighted by Gasteiger charge is 2.37. The van der Waals surface area contributed by atoms with E-state index in [2.05, 4.69) is 4.98 Å². The molecule has 0 saturated carbocycles. The van der Waals surface area contributed by atoms with Gasteiger partial charge in [-0.15, -0.1) is 11.3 Å². The lowest BCUT2D eigenvalue weighted by atomic mass is 9.95. The maximum absolute atomic E-state index is 10.6. The van der Waals surface area contributed by atoms with Crippen LogP contribution in [0.15, 0.2) is 5.38 Å². The summed E-state index contributed by atoms with van der Waals surface area (Å²) in [4.78, 5) is 15.0. The largest absolute Gasteiger partial charge is 0.381 e. The summed E-state index contributed by atoms with van der Waals surface area (Å²) in [6, 6.07) is 0. The number of aromatic nitrogens is 1. The molecule has 0 bridgehead atoms. The van der Waals surface area contributed by atoms with Crippen LogP contribution < -0.4 is 0 Å². The molecule has 1 aliphatic rings. The first-order valence-electron chi connectivity index (χ1n) is 5.43. The van der Waals surface area contributed by atoms with Crippen molar-refractivity contribution in [1.29, 1.82) is 0 Å². The summed E-state index contributed by atoms with van der Waals surface area (Å²) in [5.41, 5.74) is 0.157. The quantitative estimate of drug-likeness (QED) is 0.756. The van der Waals surface area contributed by atoms with Gasteiger partial charge in [-0.25, -0.2) is 4.98 Å².